The van der Waals surface area contributed by atoms with Crippen LogP contribution in [0.5, 0.6) is 0 Å². The minimum Gasteiger partial charge on any atom is -0.462 e. The molecule has 4 saturated carbocycles. The number of rotatable bonds is 15. The minimum atomic E-state index is -0.578. The fourth-order valence-corrected chi connectivity index (χ4v) is 14.0. The summed E-state index contributed by atoms with van der Waals surface area (Å²) in [6.45, 7) is 21.6. The number of unbranched alkanes of at least 4 members (excludes halogenated alkanes) is 12. The van der Waals surface area contributed by atoms with Gasteiger partial charge in [-0.05, 0) is 104 Å². The number of esters is 1. The van der Waals surface area contributed by atoms with Crippen molar-refractivity contribution < 1.29 is 19.7 Å². The molecule has 50 heavy (non-hydrogen) atoms. The summed E-state index contributed by atoms with van der Waals surface area (Å²) in [4.78, 5) is 13.2. The van der Waals surface area contributed by atoms with Crippen LogP contribution in [0.15, 0.2) is 11.6 Å². The molecule has 0 saturated heterocycles. The summed E-state index contributed by atoms with van der Waals surface area (Å²) in [5.41, 5.74) is 1.12. The lowest BCUT2D eigenvalue weighted by molar-refractivity contribution is -0.276. The molecule has 4 fully saturated rings. The lowest BCUT2D eigenvalue weighted by atomic mass is 9.31. The summed E-state index contributed by atoms with van der Waals surface area (Å²) in [5, 5.41) is 23.4. The molecule has 2 N–H and O–H groups in total. The fraction of sp³-hybridized carbons (Fsp3) is 0.935. The van der Waals surface area contributed by atoms with Crippen LogP contribution in [0.2, 0.25) is 0 Å². The summed E-state index contributed by atoms with van der Waals surface area (Å²) in [6.07, 6.45) is 26.3. The SMILES string of the molecule is CCCCCCCCCCCCCCCC(=O)O[C@H]1CC[C@]2(C)[C@H]3CC[C@@H]4[C@H]5[C@H](C)C(C)=C[C@H](O)[C@]5(C)[C@@H](O)C[C@@]4(C)[C@]3(C)CC[C@H]2C1(C)C. The van der Waals surface area contributed by atoms with Crippen molar-refractivity contribution in [2.45, 2.75) is 215 Å². The van der Waals surface area contributed by atoms with E-state index in [1.165, 1.54) is 102 Å². The predicted molar refractivity (Wildman–Crippen MR) is 208 cm³/mol. The zero-order valence-corrected chi connectivity index (χ0v) is 34.3. The van der Waals surface area contributed by atoms with Gasteiger partial charge >= 0.3 is 5.97 Å². The quantitative estimate of drug-likeness (QED) is 0.102. The van der Waals surface area contributed by atoms with E-state index in [0.717, 1.165) is 32.1 Å². The van der Waals surface area contributed by atoms with Gasteiger partial charge in [0.05, 0.1) is 12.2 Å². The molecule has 0 aromatic heterocycles. The molecule has 0 aromatic carbocycles. The van der Waals surface area contributed by atoms with E-state index in [4.69, 9.17) is 4.74 Å². The van der Waals surface area contributed by atoms with Crippen molar-refractivity contribution in [2.75, 3.05) is 0 Å². The first-order chi connectivity index (χ1) is 23.6. The average Bonchev–Trinajstić information content (AvgIpc) is 3.05. The molecule has 4 heteroatoms. The molecule has 0 unspecified atom stereocenters. The second-order valence-corrected chi connectivity index (χ2v) is 20.3. The summed E-state index contributed by atoms with van der Waals surface area (Å²) < 4.78 is 6.39. The maximum Gasteiger partial charge on any atom is 0.306 e. The van der Waals surface area contributed by atoms with Crippen LogP contribution in [0.3, 0.4) is 0 Å². The minimum absolute atomic E-state index is 0.00267. The number of carbonyl (C=O) groups excluding carboxylic acids is 1. The van der Waals surface area contributed by atoms with E-state index in [-0.39, 0.29) is 33.7 Å². The number of ether oxygens (including phenoxy) is 1. The second kappa shape index (κ2) is 15.8. The van der Waals surface area contributed by atoms with Crippen molar-refractivity contribution in [3.63, 3.8) is 0 Å². The summed E-state index contributed by atoms with van der Waals surface area (Å²) >= 11 is 0. The molecule has 0 aromatic rings. The van der Waals surface area contributed by atoms with Crippen LogP contribution in [-0.4, -0.2) is 34.5 Å². The first-order valence-corrected chi connectivity index (χ1v) is 21.8. The molecule has 0 aliphatic heterocycles. The monoisotopic (exact) mass is 697 g/mol. The number of hydrogen-bond donors (Lipinski definition) is 2. The normalized spacial score (nSPS) is 43.5. The highest BCUT2D eigenvalue weighted by Crippen LogP contribution is 2.76. The topological polar surface area (TPSA) is 66.8 Å². The van der Waals surface area contributed by atoms with Crippen LogP contribution in [-0.2, 0) is 9.53 Å². The van der Waals surface area contributed by atoms with Crippen molar-refractivity contribution >= 4 is 5.97 Å². The van der Waals surface area contributed by atoms with Crippen molar-refractivity contribution in [3.05, 3.63) is 11.6 Å². The van der Waals surface area contributed by atoms with Crippen molar-refractivity contribution in [2.24, 2.45) is 56.7 Å². The highest BCUT2D eigenvalue weighted by molar-refractivity contribution is 5.69. The Hall–Kier alpha value is -0.870. The van der Waals surface area contributed by atoms with Gasteiger partial charge in [-0.1, -0.05) is 144 Å². The fourth-order valence-electron chi connectivity index (χ4n) is 14.0. The van der Waals surface area contributed by atoms with Gasteiger partial charge in [0, 0.05) is 17.3 Å². The first-order valence-electron chi connectivity index (χ1n) is 21.8. The molecular weight excluding hydrogens is 617 g/mol. The van der Waals surface area contributed by atoms with Crippen LogP contribution in [0.4, 0.5) is 0 Å². The summed E-state index contributed by atoms with van der Waals surface area (Å²) in [7, 11) is 0. The average molecular weight is 697 g/mol. The van der Waals surface area contributed by atoms with Gasteiger partial charge in [-0.2, -0.15) is 0 Å². The van der Waals surface area contributed by atoms with E-state index in [2.05, 4.69) is 62.3 Å². The maximum absolute atomic E-state index is 13.2. The number of hydrogen-bond acceptors (Lipinski definition) is 4. The van der Waals surface area contributed by atoms with Crippen LogP contribution >= 0.6 is 0 Å². The number of fused-ring (bicyclic) bond motifs is 7. The highest BCUT2D eigenvalue weighted by atomic mass is 16.5. The number of allylic oxidation sites excluding steroid dienone is 1. The van der Waals surface area contributed by atoms with Crippen LogP contribution in [0.25, 0.3) is 0 Å². The van der Waals surface area contributed by atoms with Gasteiger partial charge in [-0.15, -0.1) is 0 Å². The van der Waals surface area contributed by atoms with Crippen molar-refractivity contribution in [1.82, 2.24) is 0 Å². The Morgan fingerprint density at radius 3 is 1.94 bits per heavy atom. The molecule has 288 valence electrons. The van der Waals surface area contributed by atoms with Crippen molar-refractivity contribution in [1.29, 1.82) is 0 Å². The van der Waals surface area contributed by atoms with Gasteiger partial charge in [0.1, 0.15) is 6.10 Å². The molecular formula is C46H80O4. The Balaban J connectivity index is 1.14. The molecule has 0 spiro atoms. The zero-order chi connectivity index (χ0) is 36.5. The molecule has 0 heterocycles. The Bertz CT molecular complexity index is 1170. The summed E-state index contributed by atoms with van der Waals surface area (Å²) in [6, 6.07) is 0. The van der Waals surface area contributed by atoms with Gasteiger partial charge < -0.3 is 14.9 Å². The van der Waals surface area contributed by atoms with E-state index in [9.17, 15) is 15.0 Å². The van der Waals surface area contributed by atoms with Gasteiger partial charge in [-0.3, -0.25) is 4.79 Å². The molecule has 0 radical (unpaired) electrons. The van der Waals surface area contributed by atoms with Gasteiger partial charge in [0.25, 0.3) is 0 Å². The zero-order valence-electron chi connectivity index (χ0n) is 34.3. The van der Waals surface area contributed by atoms with Crippen molar-refractivity contribution in [3.8, 4) is 0 Å². The Morgan fingerprint density at radius 1 is 0.760 bits per heavy atom. The number of aliphatic hydroxyl groups excluding tert-OH is 2. The number of aliphatic hydroxyl groups is 2. The largest absolute Gasteiger partial charge is 0.462 e. The van der Waals surface area contributed by atoms with E-state index >= 15 is 0 Å². The van der Waals surface area contributed by atoms with Crippen LogP contribution < -0.4 is 0 Å². The summed E-state index contributed by atoms with van der Waals surface area (Å²) in [5.74, 6) is 2.31. The molecule has 0 bridgehead atoms. The Morgan fingerprint density at radius 2 is 1.34 bits per heavy atom. The molecule has 12 atom stereocenters. The van der Waals surface area contributed by atoms with E-state index in [1.54, 1.807) is 0 Å². The lowest BCUT2D eigenvalue weighted by Gasteiger charge is -2.74. The third kappa shape index (κ3) is 7.07. The molecule has 5 aliphatic rings. The number of carbonyl (C=O) groups is 1. The third-order valence-electron chi connectivity index (χ3n) is 17.4. The standard InChI is InChI=1S/C46H80O4/c1-10-11-12-13-14-15-16-17-18-19-20-21-22-23-40(49)50-39-27-28-43(6)35(42(39,4)5)26-29-44(7)36(43)25-24-34-41-33(3)32(2)30-37(47)46(41,9)38(48)31-45(34,44)8/h30,33-39,41,47-48H,10-29,31H2,1-9H3/t33-,34-,35+,36-,37+,38+,39+,41-,43+,44-,45-,46-/m1/s1. The van der Waals surface area contributed by atoms with Gasteiger partial charge in [0.15, 0.2) is 0 Å². The highest BCUT2D eigenvalue weighted by Gasteiger charge is 2.72. The maximum atomic E-state index is 13.2. The first kappa shape index (κ1) is 40.3. The van der Waals surface area contributed by atoms with Crippen LogP contribution in [0.1, 0.15) is 197 Å². The molecule has 0 amide bonds. The predicted octanol–water partition coefficient (Wildman–Crippen LogP) is 12.0. The lowest BCUT2D eigenvalue weighted by Crippen LogP contribution is -2.70. The van der Waals surface area contributed by atoms with E-state index in [1.807, 2.05) is 6.08 Å². The Labute approximate surface area is 308 Å². The van der Waals surface area contributed by atoms with Crippen LogP contribution in [0, 0.1) is 56.7 Å². The van der Waals surface area contributed by atoms with Gasteiger partial charge in [0.2, 0.25) is 0 Å². The molecule has 5 rings (SSSR count). The third-order valence-corrected chi connectivity index (χ3v) is 17.4. The molecule has 4 nitrogen and oxygen atoms in total. The molecule has 5 aliphatic carbocycles. The second-order valence-electron chi connectivity index (χ2n) is 20.3. The van der Waals surface area contributed by atoms with Gasteiger partial charge in [-0.25, -0.2) is 0 Å². The smallest absolute Gasteiger partial charge is 0.306 e. The Kier molecular flexibility index (Phi) is 12.8. The van der Waals surface area contributed by atoms with E-state index < -0.39 is 17.6 Å². The van der Waals surface area contributed by atoms with E-state index in [0.29, 0.717) is 36.0 Å².